The topological polar surface area (TPSA) is 95.5 Å². The molecule has 6 nitrogen and oxygen atoms in total. The zero-order valence-corrected chi connectivity index (χ0v) is 11.8. The van der Waals surface area contributed by atoms with E-state index < -0.39 is 5.97 Å². The van der Waals surface area contributed by atoms with Crippen molar-refractivity contribution in [3.8, 4) is 0 Å². The van der Waals surface area contributed by atoms with Crippen molar-refractivity contribution < 1.29 is 19.5 Å². The Morgan fingerprint density at radius 1 is 1.43 bits per heavy atom. The van der Waals surface area contributed by atoms with Gasteiger partial charge in [-0.3, -0.25) is 14.4 Å². The number of benzene rings is 1. The first kappa shape index (κ1) is 15.0. The molecule has 0 aromatic heterocycles. The standard InChI is InChI=1S/C15H18N2O4/c1-9(2-5-14(19)20)8-16-15(21)10-3-4-12-11(6-10)7-13(18)17-12/h3-4,6,9H,2,5,7-8H2,1H3,(H,16,21)(H,17,18)(H,19,20). The van der Waals surface area contributed by atoms with E-state index in [1.165, 1.54) is 0 Å². The summed E-state index contributed by atoms with van der Waals surface area (Å²) in [6.07, 6.45) is 0.924. The molecule has 1 unspecified atom stereocenters. The molecule has 0 bridgehead atoms. The third-order valence-electron chi connectivity index (χ3n) is 3.45. The van der Waals surface area contributed by atoms with Gasteiger partial charge < -0.3 is 15.7 Å². The molecular formula is C15H18N2O4. The van der Waals surface area contributed by atoms with Crippen LogP contribution in [0.4, 0.5) is 5.69 Å². The molecule has 1 atom stereocenters. The van der Waals surface area contributed by atoms with Gasteiger partial charge in [-0.1, -0.05) is 6.92 Å². The van der Waals surface area contributed by atoms with E-state index in [2.05, 4.69) is 10.6 Å². The Balaban J connectivity index is 1.88. The maximum absolute atomic E-state index is 12.0. The summed E-state index contributed by atoms with van der Waals surface area (Å²) in [6, 6.07) is 5.11. The second-order valence-corrected chi connectivity index (χ2v) is 5.34. The second kappa shape index (κ2) is 6.39. The normalized spacial score (nSPS) is 14.2. The van der Waals surface area contributed by atoms with E-state index in [-0.39, 0.29) is 24.2 Å². The number of carbonyl (C=O) groups excluding carboxylic acids is 2. The number of carboxylic acid groups (broad SMARTS) is 1. The number of aliphatic carboxylic acids is 1. The van der Waals surface area contributed by atoms with Crippen molar-refractivity contribution in [1.29, 1.82) is 0 Å². The van der Waals surface area contributed by atoms with Crippen molar-refractivity contribution in [3.05, 3.63) is 29.3 Å². The lowest BCUT2D eigenvalue weighted by Crippen LogP contribution is -2.28. The van der Waals surface area contributed by atoms with E-state index in [0.717, 1.165) is 11.3 Å². The van der Waals surface area contributed by atoms with E-state index in [0.29, 0.717) is 24.9 Å². The van der Waals surface area contributed by atoms with Crippen LogP contribution in [0.1, 0.15) is 35.7 Å². The lowest BCUT2D eigenvalue weighted by Gasteiger charge is -2.12. The van der Waals surface area contributed by atoms with Gasteiger partial charge in [0.05, 0.1) is 6.42 Å². The molecule has 21 heavy (non-hydrogen) atoms. The van der Waals surface area contributed by atoms with E-state index in [1.54, 1.807) is 18.2 Å². The first-order chi connectivity index (χ1) is 9.95. The lowest BCUT2D eigenvalue weighted by atomic mass is 10.0. The summed E-state index contributed by atoms with van der Waals surface area (Å²) in [7, 11) is 0. The molecule has 2 rings (SSSR count). The van der Waals surface area contributed by atoms with Crippen molar-refractivity contribution in [2.24, 2.45) is 5.92 Å². The maximum atomic E-state index is 12.0. The molecule has 1 aromatic carbocycles. The predicted octanol–water partition coefficient (Wildman–Crippen LogP) is 1.41. The predicted molar refractivity (Wildman–Crippen MR) is 77.1 cm³/mol. The van der Waals surface area contributed by atoms with Crippen LogP contribution in [0.25, 0.3) is 0 Å². The van der Waals surface area contributed by atoms with Crippen LogP contribution < -0.4 is 10.6 Å². The Morgan fingerprint density at radius 3 is 2.90 bits per heavy atom. The molecule has 0 saturated heterocycles. The highest BCUT2D eigenvalue weighted by Crippen LogP contribution is 2.23. The summed E-state index contributed by atoms with van der Waals surface area (Å²) >= 11 is 0. The third-order valence-corrected chi connectivity index (χ3v) is 3.45. The number of nitrogens with one attached hydrogen (secondary N) is 2. The van der Waals surface area contributed by atoms with E-state index >= 15 is 0 Å². The Morgan fingerprint density at radius 2 is 2.19 bits per heavy atom. The fourth-order valence-corrected chi connectivity index (χ4v) is 2.21. The Labute approximate surface area is 122 Å². The van der Waals surface area contributed by atoms with E-state index in [9.17, 15) is 14.4 Å². The number of hydrogen-bond acceptors (Lipinski definition) is 3. The fraction of sp³-hybridized carbons (Fsp3) is 0.400. The highest BCUT2D eigenvalue weighted by atomic mass is 16.4. The van der Waals surface area contributed by atoms with Crippen LogP contribution in [0.2, 0.25) is 0 Å². The van der Waals surface area contributed by atoms with Crippen LogP contribution in [-0.2, 0) is 16.0 Å². The molecule has 0 fully saturated rings. The molecule has 1 heterocycles. The summed E-state index contributed by atoms with van der Waals surface area (Å²) in [5.74, 6) is -1.00. The summed E-state index contributed by atoms with van der Waals surface area (Å²) in [6.45, 7) is 2.33. The number of hydrogen-bond donors (Lipinski definition) is 3. The fourth-order valence-electron chi connectivity index (χ4n) is 2.21. The minimum atomic E-state index is -0.830. The van der Waals surface area contributed by atoms with Gasteiger partial charge in [0.15, 0.2) is 0 Å². The van der Waals surface area contributed by atoms with Crippen LogP contribution in [0.15, 0.2) is 18.2 Å². The molecular weight excluding hydrogens is 272 g/mol. The van der Waals surface area contributed by atoms with Gasteiger partial charge in [-0.2, -0.15) is 0 Å². The molecule has 0 radical (unpaired) electrons. The molecule has 3 N–H and O–H groups in total. The third kappa shape index (κ3) is 4.05. The number of carbonyl (C=O) groups is 3. The van der Waals surface area contributed by atoms with Crippen LogP contribution in [0.3, 0.4) is 0 Å². The molecule has 2 amide bonds. The zero-order valence-electron chi connectivity index (χ0n) is 11.8. The van der Waals surface area contributed by atoms with Crippen LogP contribution in [0.5, 0.6) is 0 Å². The average Bonchev–Trinajstić information content (AvgIpc) is 2.81. The minimum Gasteiger partial charge on any atom is -0.481 e. The number of anilines is 1. The van der Waals surface area contributed by atoms with Gasteiger partial charge in [0.25, 0.3) is 5.91 Å². The molecule has 1 aliphatic heterocycles. The van der Waals surface area contributed by atoms with Crippen LogP contribution in [-0.4, -0.2) is 29.4 Å². The largest absolute Gasteiger partial charge is 0.481 e. The van der Waals surface area contributed by atoms with E-state index in [1.807, 2.05) is 6.92 Å². The molecule has 0 spiro atoms. The lowest BCUT2D eigenvalue weighted by molar-refractivity contribution is -0.137. The Hall–Kier alpha value is -2.37. The zero-order chi connectivity index (χ0) is 15.4. The summed E-state index contributed by atoms with van der Waals surface area (Å²) < 4.78 is 0. The van der Waals surface area contributed by atoms with E-state index in [4.69, 9.17) is 5.11 Å². The quantitative estimate of drug-likeness (QED) is 0.738. The smallest absolute Gasteiger partial charge is 0.303 e. The van der Waals surface area contributed by atoms with Crippen molar-refractivity contribution in [1.82, 2.24) is 5.32 Å². The van der Waals surface area contributed by atoms with Gasteiger partial charge in [-0.15, -0.1) is 0 Å². The van der Waals surface area contributed by atoms with Gasteiger partial charge in [0, 0.05) is 24.2 Å². The number of rotatable bonds is 6. The highest BCUT2D eigenvalue weighted by Gasteiger charge is 2.19. The van der Waals surface area contributed by atoms with Crippen molar-refractivity contribution in [2.45, 2.75) is 26.2 Å². The maximum Gasteiger partial charge on any atom is 0.303 e. The first-order valence-corrected chi connectivity index (χ1v) is 6.88. The first-order valence-electron chi connectivity index (χ1n) is 6.88. The molecule has 1 aliphatic rings. The van der Waals surface area contributed by atoms with Gasteiger partial charge in [0.1, 0.15) is 0 Å². The molecule has 0 saturated carbocycles. The summed E-state index contributed by atoms with van der Waals surface area (Å²) in [4.78, 5) is 33.8. The average molecular weight is 290 g/mol. The monoisotopic (exact) mass is 290 g/mol. The van der Waals surface area contributed by atoms with Gasteiger partial charge in [-0.25, -0.2) is 0 Å². The molecule has 112 valence electrons. The van der Waals surface area contributed by atoms with Crippen molar-refractivity contribution in [3.63, 3.8) is 0 Å². The Bertz CT molecular complexity index is 583. The van der Waals surface area contributed by atoms with Crippen molar-refractivity contribution in [2.75, 3.05) is 11.9 Å². The van der Waals surface area contributed by atoms with Gasteiger partial charge in [-0.05, 0) is 36.1 Å². The number of carboxylic acids is 1. The number of amides is 2. The second-order valence-electron chi connectivity index (χ2n) is 5.34. The van der Waals surface area contributed by atoms with Crippen molar-refractivity contribution >= 4 is 23.5 Å². The molecule has 1 aromatic rings. The Kier molecular flexibility index (Phi) is 4.57. The number of fused-ring (bicyclic) bond motifs is 1. The molecule has 6 heteroatoms. The van der Waals surface area contributed by atoms with Gasteiger partial charge >= 0.3 is 5.97 Å². The van der Waals surface area contributed by atoms with Gasteiger partial charge in [0.2, 0.25) is 5.91 Å². The van der Waals surface area contributed by atoms with Crippen LogP contribution >= 0.6 is 0 Å². The molecule has 0 aliphatic carbocycles. The minimum absolute atomic E-state index is 0.0650. The highest BCUT2D eigenvalue weighted by molar-refractivity contribution is 6.01. The van der Waals surface area contributed by atoms with Crippen LogP contribution in [0, 0.1) is 5.92 Å². The summed E-state index contributed by atoms with van der Waals surface area (Å²) in [5, 5.41) is 14.1. The SMILES string of the molecule is CC(CCC(=O)O)CNC(=O)c1ccc2c(c1)CC(=O)N2. The summed E-state index contributed by atoms with van der Waals surface area (Å²) in [5.41, 5.74) is 2.09.